The van der Waals surface area contributed by atoms with E-state index in [2.05, 4.69) is 10.3 Å². The second kappa shape index (κ2) is 8.83. The number of hydrogen-bond donors (Lipinski definition) is 3. The number of carbonyl (C=O) groups is 1. The number of nitrogens with zero attached hydrogens (tertiary/aromatic N) is 1. The molecule has 0 aliphatic heterocycles. The molecule has 7 nitrogen and oxygen atoms in total. The van der Waals surface area contributed by atoms with Crippen LogP contribution < -0.4 is 14.8 Å². The van der Waals surface area contributed by atoms with Gasteiger partial charge in [-0.25, -0.2) is 0 Å². The summed E-state index contributed by atoms with van der Waals surface area (Å²) in [4.78, 5) is 16.1. The van der Waals surface area contributed by atoms with Crippen molar-refractivity contribution in [2.24, 2.45) is 5.41 Å². The van der Waals surface area contributed by atoms with E-state index in [1.165, 1.54) is 0 Å². The monoisotopic (exact) mass is 372 g/mol. The number of nitrogens with one attached hydrogen (secondary N) is 1. The van der Waals surface area contributed by atoms with Crippen molar-refractivity contribution in [2.75, 3.05) is 19.8 Å². The van der Waals surface area contributed by atoms with Gasteiger partial charge in [-0.3, -0.25) is 9.78 Å². The molecule has 1 aromatic heterocycles. The number of carbonyl (C=O) groups excluding carboxylic acids is 1. The lowest BCUT2D eigenvalue weighted by atomic mass is 9.86. The van der Waals surface area contributed by atoms with Gasteiger partial charge in [0, 0.05) is 18.2 Å². The zero-order valence-electron chi connectivity index (χ0n) is 15.0. The average molecular weight is 372 g/mol. The van der Waals surface area contributed by atoms with Crippen molar-refractivity contribution in [3.8, 4) is 11.5 Å². The molecule has 1 aliphatic rings. The lowest BCUT2D eigenvalue weighted by Gasteiger charge is -2.29. The van der Waals surface area contributed by atoms with Gasteiger partial charge in [-0.15, -0.1) is 0 Å². The molecule has 1 heterocycles. The molecule has 1 amide bonds. The minimum atomic E-state index is -0.833. The number of aromatic nitrogens is 1. The standard InChI is InChI=1S/C20H24N2O5/c23-17-9-20(10-18(17)24,14-27-16-7-4-8-21-11-16)13-22-19(25)12-26-15-5-2-1-3-6-15/h1-8,11,17-18,23-24H,9-10,12-14H2,(H,22,25)/t17-,18+,20?. The number of hydrogen-bond acceptors (Lipinski definition) is 6. The maximum Gasteiger partial charge on any atom is 0.257 e. The van der Waals surface area contributed by atoms with Crippen molar-refractivity contribution in [3.63, 3.8) is 0 Å². The van der Waals surface area contributed by atoms with Gasteiger partial charge >= 0.3 is 0 Å². The Labute approximate surface area is 158 Å². The van der Waals surface area contributed by atoms with Crippen LogP contribution in [0.25, 0.3) is 0 Å². The summed E-state index contributed by atoms with van der Waals surface area (Å²) >= 11 is 0. The van der Waals surface area contributed by atoms with Crippen molar-refractivity contribution in [1.29, 1.82) is 0 Å². The molecule has 1 fully saturated rings. The van der Waals surface area contributed by atoms with Crippen LogP contribution in [0.3, 0.4) is 0 Å². The fourth-order valence-corrected chi connectivity index (χ4v) is 3.23. The quantitative estimate of drug-likeness (QED) is 0.643. The van der Waals surface area contributed by atoms with Crippen LogP contribution in [0.2, 0.25) is 0 Å². The summed E-state index contributed by atoms with van der Waals surface area (Å²) in [7, 11) is 0. The molecular formula is C20H24N2O5. The molecule has 144 valence electrons. The molecule has 0 saturated heterocycles. The normalized spacial score (nSPS) is 24.4. The maximum atomic E-state index is 12.1. The predicted octanol–water partition coefficient (Wildman–Crippen LogP) is 1.16. The van der Waals surface area contributed by atoms with E-state index in [0.717, 1.165) is 0 Å². The van der Waals surface area contributed by atoms with Gasteiger partial charge in [0.05, 0.1) is 25.0 Å². The van der Waals surface area contributed by atoms with Gasteiger partial charge in [0.15, 0.2) is 6.61 Å². The minimum absolute atomic E-state index is 0.103. The predicted molar refractivity (Wildman–Crippen MR) is 98.4 cm³/mol. The molecule has 1 aliphatic carbocycles. The highest BCUT2D eigenvalue weighted by atomic mass is 16.5. The van der Waals surface area contributed by atoms with Crippen molar-refractivity contribution >= 4 is 5.91 Å². The summed E-state index contributed by atoms with van der Waals surface area (Å²) in [6.07, 6.45) is 2.27. The third-order valence-electron chi connectivity index (χ3n) is 4.68. The molecule has 3 rings (SSSR count). The number of rotatable bonds is 8. The zero-order chi connectivity index (χ0) is 19.1. The molecule has 0 bridgehead atoms. The average Bonchev–Trinajstić information content (AvgIpc) is 2.99. The number of benzene rings is 1. The largest absolute Gasteiger partial charge is 0.491 e. The first-order chi connectivity index (χ1) is 13.1. The SMILES string of the molecule is O=C(COc1ccccc1)NCC1(COc2cccnc2)C[C@@H](O)[C@@H](O)C1. The Bertz CT molecular complexity index is 716. The second-order valence-electron chi connectivity index (χ2n) is 6.90. The van der Waals surface area contributed by atoms with Crippen LogP contribution >= 0.6 is 0 Å². The Kier molecular flexibility index (Phi) is 6.26. The molecule has 3 N–H and O–H groups in total. The second-order valence-corrected chi connectivity index (χ2v) is 6.90. The molecule has 7 heteroatoms. The number of amides is 1. The van der Waals surface area contributed by atoms with Crippen molar-refractivity contribution in [1.82, 2.24) is 10.3 Å². The van der Waals surface area contributed by atoms with E-state index in [1.807, 2.05) is 18.2 Å². The highest BCUT2D eigenvalue weighted by molar-refractivity contribution is 5.77. The molecule has 27 heavy (non-hydrogen) atoms. The van der Waals surface area contributed by atoms with Crippen LogP contribution in [0.1, 0.15) is 12.8 Å². The molecular weight excluding hydrogens is 348 g/mol. The van der Waals surface area contributed by atoms with Gasteiger partial charge < -0.3 is 25.0 Å². The smallest absolute Gasteiger partial charge is 0.257 e. The number of para-hydroxylation sites is 1. The highest BCUT2D eigenvalue weighted by Gasteiger charge is 2.45. The number of aliphatic hydroxyl groups is 2. The third kappa shape index (κ3) is 5.42. The molecule has 2 aromatic rings. The van der Waals surface area contributed by atoms with Crippen LogP contribution in [0.5, 0.6) is 11.5 Å². The van der Waals surface area contributed by atoms with E-state index in [1.54, 1.807) is 36.7 Å². The van der Waals surface area contributed by atoms with Gasteiger partial charge in [-0.05, 0) is 37.1 Å². The fraction of sp³-hybridized carbons (Fsp3) is 0.400. The fourth-order valence-electron chi connectivity index (χ4n) is 3.23. The number of aliphatic hydroxyl groups excluding tert-OH is 2. The Morgan fingerprint density at radius 2 is 1.78 bits per heavy atom. The Morgan fingerprint density at radius 1 is 1.07 bits per heavy atom. The molecule has 3 atom stereocenters. The summed E-state index contributed by atoms with van der Waals surface area (Å²) in [6.45, 7) is 0.430. The lowest BCUT2D eigenvalue weighted by Crippen LogP contribution is -2.42. The van der Waals surface area contributed by atoms with Gasteiger partial charge in [0.2, 0.25) is 0 Å². The van der Waals surface area contributed by atoms with Gasteiger partial charge in [0.25, 0.3) is 5.91 Å². The van der Waals surface area contributed by atoms with Crippen LogP contribution in [0, 0.1) is 5.41 Å². The molecule has 1 saturated carbocycles. The van der Waals surface area contributed by atoms with Crippen molar-refractivity contribution < 1.29 is 24.5 Å². The van der Waals surface area contributed by atoms with Gasteiger partial charge in [-0.2, -0.15) is 0 Å². The van der Waals surface area contributed by atoms with Crippen molar-refractivity contribution in [3.05, 3.63) is 54.9 Å². The summed E-state index contributed by atoms with van der Waals surface area (Å²) in [5.41, 5.74) is -0.558. The topological polar surface area (TPSA) is 101 Å². The van der Waals surface area contributed by atoms with Gasteiger partial charge in [-0.1, -0.05) is 18.2 Å². The summed E-state index contributed by atoms with van der Waals surface area (Å²) in [5.74, 6) is 0.955. The first-order valence-corrected chi connectivity index (χ1v) is 8.90. The molecule has 0 radical (unpaired) electrons. The first-order valence-electron chi connectivity index (χ1n) is 8.90. The number of ether oxygens (including phenoxy) is 2. The summed E-state index contributed by atoms with van der Waals surface area (Å²) in [5, 5.41) is 22.8. The summed E-state index contributed by atoms with van der Waals surface area (Å²) in [6, 6.07) is 12.6. The van der Waals surface area contributed by atoms with Crippen molar-refractivity contribution in [2.45, 2.75) is 25.0 Å². The van der Waals surface area contributed by atoms with E-state index in [4.69, 9.17) is 9.47 Å². The van der Waals surface area contributed by atoms with Crippen LogP contribution in [-0.4, -0.2) is 53.1 Å². The molecule has 1 aromatic carbocycles. The van der Waals surface area contributed by atoms with Crippen LogP contribution in [-0.2, 0) is 4.79 Å². The van der Waals surface area contributed by atoms with E-state index >= 15 is 0 Å². The first kappa shape index (κ1) is 19.1. The third-order valence-corrected chi connectivity index (χ3v) is 4.68. The zero-order valence-corrected chi connectivity index (χ0v) is 15.0. The van der Waals surface area contributed by atoms with E-state index in [9.17, 15) is 15.0 Å². The van der Waals surface area contributed by atoms with E-state index in [0.29, 0.717) is 24.3 Å². The minimum Gasteiger partial charge on any atom is -0.491 e. The van der Waals surface area contributed by atoms with Crippen LogP contribution in [0.4, 0.5) is 0 Å². The lowest BCUT2D eigenvalue weighted by molar-refractivity contribution is -0.123. The molecule has 1 unspecified atom stereocenters. The van der Waals surface area contributed by atoms with Gasteiger partial charge in [0.1, 0.15) is 11.5 Å². The Hall–Kier alpha value is -2.64. The highest BCUT2D eigenvalue weighted by Crippen LogP contribution is 2.38. The Balaban J connectivity index is 1.54. The Morgan fingerprint density at radius 3 is 2.44 bits per heavy atom. The maximum absolute atomic E-state index is 12.1. The van der Waals surface area contributed by atoms with Crippen LogP contribution in [0.15, 0.2) is 54.9 Å². The molecule has 0 spiro atoms. The number of pyridine rings is 1. The van der Waals surface area contributed by atoms with E-state index < -0.39 is 17.6 Å². The summed E-state index contributed by atoms with van der Waals surface area (Å²) < 4.78 is 11.2. The van der Waals surface area contributed by atoms with E-state index in [-0.39, 0.29) is 25.7 Å².